The predicted molar refractivity (Wildman–Crippen MR) is 77.2 cm³/mol. The van der Waals surface area contributed by atoms with Gasteiger partial charge in [0.15, 0.2) is 0 Å². The van der Waals surface area contributed by atoms with Crippen LogP contribution in [0, 0.1) is 0 Å². The van der Waals surface area contributed by atoms with Crippen LogP contribution in [0.1, 0.15) is 32.3 Å². The number of hydrogen-bond donors (Lipinski definition) is 3. The lowest BCUT2D eigenvalue weighted by Crippen LogP contribution is -2.52. The van der Waals surface area contributed by atoms with Crippen LogP contribution in [0.4, 0.5) is 0 Å². The van der Waals surface area contributed by atoms with Crippen LogP contribution in [-0.4, -0.2) is 28.6 Å². The molecule has 5 nitrogen and oxygen atoms in total. The molecule has 0 bridgehead atoms. The number of amides is 1. The lowest BCUT2D eigenvalue weighted by Gasteiger charge is -2.30. The van der Waals surface area contributed by atoms with Gasteiger partial charge in [-0.1, -0.05) is 30.3 Å². The molecule has 1 aromatic rings. The normalized spacial score (nSPS) is 12.9. The summed E-state index contributed by atoms with van der Waals surface area (Å²) in [5.74, 6) is -1.45. The number of primary amides is 1. The van der Waals surface area contributed by atoms with Crippen LogP contribution in [-0.2, 0) is 16.0 Å². The van der Waals surface area contributed by atoms with Crippen molar-refractivity contribution in [1.82, 2.24) is 5.32 Å². The fourth-order valence-corrected chi connectivity index (χ4v) is 2.18. The molecule has 110 valence electrons. The zero-order chi connectivity index (χ0) is 15.2. The van der Waals surface area contributed by atoms with Gasteiger partial charge in [0, 0.05) is 12.0 Å². The number of benzene rings is 1. The number of aliphatic carboxylic acids is 1. The molecule has 1 amide bonds. The summed E-state index contributed by atoms with van der Waals surface area (Å²) < 4.78 is 0. The Morgan fingerprint density at radius 3 is 2.40 bits per heavy atom. The number of hydrogen-bond acceptors (Lipinski definition) is 3. The Balaban J connectivity index is 2.65. The van der Waals surface area contributed by atoms with Gasteiger partial charge in [-0.2, -0.15) is 0 Å². The molecular formula is C15H22N2O3. The van der Waals surface area contributed by atoms with Gasteiger partial charge in [0.2, 0.25) is 5.91 Å². The topological polar surface area (TPSA) is 92.4 Å². The second kappa shape index (κ2) is 7.05. The maximum atomic E-state index is 11.4. The monoisotopic (exact) mass is 278 g/mol. The van der Waals surface area contributed by atoms with E-state index in [9.17, 15) is 9.59 Å². The Labute approximate surface area is 119 Å². The molecule has 0 aliphatic carbocycles. The van der Waals surface area contributed by atoms with E-state index in [1.807, 2.05) is 44.2 Å². The lowest BCUT2D eigenvalue weighted by molar-refractivity contribution is -0.137. The van der Waals surface area contributed by atoms with E-state index in [0.717, 1.165) is 12.0 Å². The zero-order valence-electron chi connectivity index (χ0n) is 11.9. The fourth-order valence-electron chi connectivity index (χ4n) is 2.18. The highest BCUT2D eigenvalue weighted by Crippen LogP contribution is 2.14. The minimum atomic E-state index is -0.932. The second-order valence-corrected chi connectivity index (χ2v) is 5.58. The van der Waals surface area contributed by atoms with Crippen LogP contribution >= 0.6 is 0 Å². The van der Waals surface area contributed by atoms with Crippen molar-refractivity contribution in [2.75, 3.05) is 0 Å². The van der Waals surface area contributed by atoms with E-state index in [-0.39, 0.29) is 18.4 Å². The van der Waals surface area contributed by atoms with Crippen LogP contribution in [0.2, 0.25) is 0 Å². The lowest BCUT2D eigenvalue weighted by atomic mass is 9.93. The van der Waals surface area contributed by atoms with Gasteiger partial charge >= 0.3 is 5.97 Å². The number of nitrogens with two attached hydrogens (primary N) is 1. The first-order chi connectivity index (χ1) is 9.30. The van der Waals surface area contributed by atoms with Crippen molar-refractivity contribution >= 4 is 11.9 Å². The number of carboxylic acid groups (broad SMARTS) is 1. The third-order valence-electron chi connectivity index (χ3n) is 3.04. The first-order valence-electron chi connectivity index (χ1n) is 6.63. The molecule has 0 aliphatic rings. The summed E-state index contributed by atoms with van der Waals surface area (Å²) in [5, 5.41) is 11.9. The van der Waals surface area contributed by atoms with E-state index in [1.54, 1.807) is 0 Å². The SMILES string of the molecule is CC(C)(Cc1ccccc1)N[C@@H](CCC(=O)O)C(N)=O. The second-order valence-electron chi connectivity index (χ2n) is 5.58. The molecule has 1 aromatic carbocycles. The standard InChI is InChI=1S/C15H22N2O3/c1-15(2,10-11-6-4-3-5-7-11)17-12(14(16)20)8-9-13(18)19/h3-7,12,17H,8-10H2,1-2H3,(H2,16,20)(H,18,19)/t12-/m0/s1. The van der Waals surface area contributed by atoms with Crippen molar-refractivity contribution in [2.24, 2.45) is 5.73 Å². The largest absolute Gasteiger partial charge is 0.481 e. The molecule has 0 unspecified atom stereocenters. The Morgan fingerprint density at radius 2 is 1.90 bits per heavy atom. The van der Waals surface area contributed by atoms with Gasteiger partial charge in [0.25, 0.3) is 0 Å². The van der Waals surface area contributed by atoms with Gasteiger partial charge < -0.3 is 16.2 Å². The van der Waals surface area contributed by atoms with Crippen molar-refractivity contribution in [1.29, 1.82) is 0 Å². The number of nitrogens with one attached hydrogen (secondary N) is 1. The zero-order valence-corrected chi connectivity index (χ0v) is 11.9. The highest BCUT2D eigenvalue weighted by molar-refractivity contribution is 5.80. The minimum absolute atomic E-state index is 0.0813. The van der Waals surface area contributed by atoms with E-state index >= 15 is 0 Å². The summed E-state index contributed by atoms with van der Waals surface area (Å²) in [4.78, 5) is 22.0. The van der Waals surface area contributed by atoms with Crippen LogP contribution in [0.25, 0.3) is 0 Å². The molecule has 0 saturated carbocycles. The molecule has 0 aromatic heterocycles. The van der Waals surface area contributed by atoms with Gasteiger partial charge in [-0.05, 0) is 32.3 Å². The molecule has 1 rings (SSSR count). The van der Waals surface area contributed by atoms with Crippen molar-refractivity contribution in [3.8, 4) is 0 Å². The number of rotatable bonds is 8. The smallest absolute Gasteiger partial charge is 0.303 e. The van der Waals surface area contributed by atoms with E-state index in [0.29, 0.717) is 0 Å². The number of carbonyl (C=O) groups excluding carboxylic acids is 1. The third kappa shape index (κ3) is 5.84. The van der Waals surface area contributed by atoms with Crippen LogP contribution < -0.4 is 11.1 Å². The maximum Gasteiger partial charge on any atom is 0.303 e. The molecule has 0 spiro atoms. The van der Waals surface area contributed by atoms with Crippen LogP contribution in [0.15, 0.2) is 30.3 Å². The average molecular weight is 278 g/mol. The first-order valence-corrected chi connectivity index (χ1v) is 6.63. The first kappa shape index (κ1) is 16.2. The van der Waals surface area contributed by atoms with Crippen LogP contribution in [0.5, 0.6) is 0 Å². The number of carboxylic acids is 1. The summed E-state index contributed by atoms with van der Waals surface area (Å²) in [7, 11) is 0. The quantitative estimate of drug-likeness (QED) is 0.668. The molecular weight excluding hydrogens is 256 g/mol. The van der Waals surface area contributed by atoms with E-state index in [4.69, 9.17) is 10.8 Å². The fraction of sp³-hybridized carbons (Fsp3) is 0.467. The van der Waals surface area contributed by atoms with Crippen molar-refractivity contribution in [3.63, 3.8) is 0 Å². The van der Waals surface area contributed by atoms with E-state index in [2.05, 4.69) is 5.32 Å². The molecule has 0 heterocycles. The molecule has 0 aliphatic heterocycles. The molecule has 0 radical (unpaired) electrons. The average Bonchev–Trinajstić information content (AvgIpc) is 2.34. The van der Waals surface area contributed by atoms with E-state index < -0.39 is 17.9 Å². The van der Waals surface area contributed by atoms with E-state index in [1.165, 1.54) is 0 Å². The summed E-state index contributed by atoms with van der Waals surface area (Å²) in [6, 6.07) is 9.26. The Kier molecular flexibility index (Phi) is 5.70. The molecule has 0 fully saturated rings. The Bertz CT molecular complexity index is 457. The van der Waals surface area contributed by atoms with Gasteiger partial charge in [0.05, 0.1) is 6.04 Å². The predicted octanol–water partition coefficient (Wildman–Crippen LogP) is 1.32. The van der Waals surface area contributed by atoms with Crippen molar-refractivity contribution in [2.45, 2.75) is 44.7 Å². The summed E-state index contributed by atoms with van der Waals surface area (Å²) >= 11 is 0. The van der Waals surface area contributed by atoms with Crippen molar-refractivity contribution < 1.29 is 14.7 Å². The highest BCUT2D eigenvalue weighted by Gasteiger charge is 2.26. The third-order valence-corrected chi connectivity index (χ3v) is 3.04. The Hall–Kier alpha value is -1.88. The van der Waals surface area contributed by atoms with Crippen LogP contribution in [0.3, 0.4) is 0 Å². The molecule has 1 atom stereocenters. The Morgan fingerprint density at radius 1 is 1.30 bits per heavy atom. The van der Waals surface area contributed by atoms with Gasteiger partial charge in [0.1, 0.15) is 0 Å². The van der Waals surface area contributed by atoms with Gasteiger partial charge in [-0.3, -0.25) is 9.59 Å². The highest BCUT2D eigenvalue weighted by atomic mass is 16.4. The molecule has 0 saturated heterocycles. The maximum absolute atomic E-state index is 11.4. The van der Waals surface area contributed by atoms with Gasteiger partial charge in [-0.25, -0.2) is 0 Å². The number of carbonyl (C=O) groups is 2. The van der Waals surface area contributed by atoms with Crippen molar-refractivity contribution in [3.05, 3.63) is 35.9 Å². The summed E-state index contributed by atoms with van der Waals surface area (Å²) in [6.45, 7) is 3.94. The summed E-state index contributed by atoms with van der Waals surface area (Å²) in [5.41, 5.74) is 6.13. The molecule has 5 heteroatoms. The minimum Gasteiger partial charge on any atom is -0.481 e. The molecule has 20 heavy (non-hydrogen) atoms. The summed E-state index contributed by atoms with van der Waals surface area (Å²) in [6.07, 6.45) is 0.843. The molecule has 4 N–H and O–H groups in total. The van der Waals surface area contributed by atoms with Gasteiger partial charge in [-0.15, -0.1) is 0 Å².